The van der Waals surface area contributed by atoms with Gasteiger partial charge < -0.3 is 5.32 Å². The minimum atomic E-state index is -0.392. The van der Waals surface area contributed by atoms with Gasteiger partial charge in [0.2, 0.25) is 0 Å². The standard InChI is InChI=1S/C12H9FN4/c1-15-12-8(6-14)2-4-11(17-12)10-5-3-9(13)7-16-10/h2-5,7H,1H3,(H,15,17). The van der Waals surface area contributed by atoms with Gasteiger partial charge in [-0.15, -0.1) is 0 Å². The van der Waals surface area contributed by atoms with Gasteiger partial charge in [-0.2, -0.15) is 5.26 Å². The first kappa shape index (κ1) is 11.0. The molecule has 17 heavy (non-hydrogen) atoms. The molecule has 0 saturated heterocycles. The summed E-state index contributed by atoms with van der Waals surface area (Å²) in [6, 6.07) is 8.23. The number of hydrogen-bond acceptors (Lipinski definition) is 4. The Kier molecular flexibility index (Phi) is 2.97. The van der Waals surface area contributed by atoms with Crippen molar-refractivity contribution in [2.75, 3.05) is 12.4 Å². The zero-order chi connectivity index (χ0) is 12.3. The van der Waals surface area contributed by atoms with Crippen molar-refractivity contribution < 1.29 is 4.39 Å². The van der Waals surface area contributed by atoms with Crippen molar-refractivity contribution in [2.45, 2.75) is 0 Å². The van der Waals surface area contributed by atoms with E-state index in [1.54, 1.807) is 25.2 Å². The molecular weight excluding hydrogens is 219 g/mol. The first-order chi connectivity index (χ1) is 8.24. The second-order valence-electron chi connectivity index (χ2n) is 3.32. The highest BCUT2D eigenvalue weighted by Gasteiger charge is 2.06. The number of hydrogen-bond donors (Lipinski definition) is 1. The lowest BCUT2D eigenvalue weighted by atomic mass is 10.2. The molecular formula is C12H9FN4. The van der Waals surface area contributed by atoms with Crippen LogP contribution in [0, 0.1) is 17.1 Å². The van der Waals surface area contributed by atoms with E-state index in [4.69, 9.17) is 5.26 Å². The van der Waals surface area contributed by atoms with E-state index in [-0.39, 0.29) is 0 Å². The summed E-state index contributed by atoms with van der Waals surface area (Å²) >= 11 is 0. The maximum atomic E-state index is 12.7. The monoisotopic (exact) mass is 228 g/mol. The van der Waals surface area contributed by atoms with Crippen molar-refractivity contribution in [3.05, 3.63) is 41.8 Å². The third-order valence-electron chi connectivity index (χ3n) is 2.24. The lowest BCUT2D eigenvalue weighted by Gasteiger charge is -2.05. The molecule has 0 aliphatic carbocycles. The molecule has 84 valence electrons. The van der Waals surface area contributed by atoms with Crippen molar-refractivity contribution in [2.24, 2.45) is 0 Å². The fourth-order valence-corrected chi connectivity index (χ4v) is 1.41. The zero-order valence-corrected chi connectivity index (χ0v) is 9.11. The molecule has 1 N–H and O–H groups in total. The molecule has 0 atom stereocenters. The Bertz CT molecular complexity index is 572. The Morgan fingerprint density at radius 3 is 2.59 bits per heavy atom. The first-order valence-electron chi connectivity index (χ1n) is 4.95. The molecule has 0 aliphatic heterocycles. The van der Waals surface area contributed by atoms with Gasteiger partial charge in [0.15, 0.2) is 0 Å². The topological polar surface area (TPSA) is 61.6 Å². The Morgan fingerprint density at radius 1 is 1.24 bits per heavy atom. The van der Waals surface area contributed by atoms with Crippen LogP contribution < -0.4 is 5.32 Å². The van der Waals surface area contributed by atoms with E-state index in [0.29, 0.717) is 22.8 Å². The van der Waals surface area contributed by atoms with E-state index in [2.05, 4.69) is 15.3 Å². The molecule has 0 amide bonds. The summed E-state index contributed by atoms with van der Waals surface area (Å²) in [5, 5.41) is 11.7. The molecule has 0 spiro atoms. The van der Waals surface area contributed by atoms with Crippen LogP contribution in [0.1, 0.15) is 5.56 Å². The van der Waals surface area contributed by atoms with Crippen LogP contribution >= 0.6 is 0 Å². The number of halogens is 1. The molecule has 0 radical (unpaired) electrons. The predicted octanol–water partition coefficient (Wildman–Crippen LogP) is 2.20. The fraction of sp³-hybridized carbons (Fsp3) is 0.0833. The van der Waals surface area contributed by atoms with E-state index in [0.717, 1.165) is 6.20 Å². The van der Waals surface area contributed by atoms with E-state index >= 15 is 0 Å². The number of rotatable bonds is 2. The van der Waals surface area contributed by atoms with Gasteiger partial charge in [0, 0.05) is 7.05 Å². The van der Waals surface area contributed by atoms with E-state index < -0.39 is 5.82 Å². The molecule has 0 fully saturated rings. The molecule has 2 aromatic heterocycles. The third-order valence-corrected chi connectivity index (χ3v) is 2.24. The molecule has 0 unspecified atom stereocenters. The second-order valence-corrected chi connectivity index (χ2v) is 3.32. The van der Waals surface area contributed by atoms with E-state index in [1.165, 1.54) is 6.07 Å². The van der Waals surface area contributed by atoms with Gasteiger partial charge in [0.25, 0.3) is 0 Å². The van der Waals surface area contributed by atoms with Crippen molar-refractivity contribution in [3.63, 3.8) is 0 Å². The Hall–Kier alpha value is -2.48. The Balaban J connectivity index is 2.47. The summed E-state index contributed by atoms with van der Waals surface area (Å²) in [6.07, 6.45) is 1.13. The summed E-state index contributed by atoms with van der Waals surface area (Å²) in [6.45, 7) is 0. The summed E-state index contributed by atoms with van der Waals surface area (Å²) in [5.41, 5.74) is 1.61. The van der Waals surface area contributed by atoms with Gasteiger partial charge in [-0.1, -0.05) is 0 Å². The molecule has 2 aromatic rings. The van der Waals surface area contributed by atoms with Crippen LogP contribution in [0.4, 0.5) is 10.2 Å². The number of nitrogens with zero attached hydrogens (tertiary/aromatic N) is 3. The van der Waals surface area contributed by atoms with Crippen LogP contribution in [-0.4, -0.2) is 17.0 Å². The molecule has 2 heterocycles. The number of aromatic nitrogens is 2. The van der Waals surface area contributed by atoms with Crippen LogP contribution in [0.15, 0.2) is 30.5 Å². The summed E-state index contributed by atoms with van der Waals surface area (Å²) in [7, 11) is 1.69. The first-order valence-corrected chi connectivity index (χ1v) is 4.95. The molecule has 0 bridgehead atoms. The van der Waals surface area contributed by atoms with Crippen molar-refractivity contribution >= 4 is 5.82 Å². The van der Waals surface area contributed by atoms with Crippen LogP contribution in [0.25, 0.3) is 11.4 Å². The highest BCUT2D eigenvalue weighted by Crippen LogP contribution is 2.19. The van der Waals surface area contributed by atoms with Crippen molar-refractivity contribution in [1.29, 1.82) is 5.26 Å². The zero-order valence-electron chi connectivity index (χ0n) is 9.11. The highest BCUT2D eigenvalue weighted by atomic mass is 19.1. The summed E-state index contributed by atoms with van der Waals surface area (Å²) in [5.74, 6) is 0.0901. The fourth-order valence-electron chi connectivity index (χ4n) is 1.41. The minimum Gasteiger partial charge on any atom is -0.372 e. The summed E-state index contributed by atoms with van der Waals surface area (Å²) in [4.78, 5) is 8.17. The van der Waals surface area contributed by atoms with Crippen LogP contribution in [0.5, 0.6) is 0 Å². The van der Waals surface area contributed by atoms with Gasteiger partial charge >= 0.3 is 0 Å². The van der Waals surface area contributed by atoms with Crippen LogP contribution in [0.2, 0.25) is 0 Å². The second kappa shape index (κ2) is 4.58. The molecule has 4 nitrogen and oxygen atoms in total. The van der Waals surface area contributed by atoms with E-state index in [1.807, 2.05) is 6.07 Å². The Morgan fingerprint density at radius 2 is 2.00 bits per heavy atom. The normalized spacial score (nSPS) is 9.71. The van der Waals surface area contributed by atoms with Crippen LogP contribution in [0.3, 0.4) is 0 Å². The number of anilines is 1. The smallest absolute Gasteiger partial charge is 0.144 e. The van der Waals surface area contributed by atoms with Gasteiger partial charge in [-0.3, -0.25) is 4.98 Å². The lowest BCUT2D eigenvalue weighted by molar-refractivity contribution is 0.622. The van der Waals surface area contributed by atoms with Crippen molar-refractivity contribution in [1.82, 2.24) is 9.97 Å². The quantitative estimate of drug-likeness (QED) is 0.855. The average molecular weight is 228 g/mol. The maximum Gasteiger partial charge on any atom is 0.144 e. The average Bonchev–Trinajstić information content (AvgIpc) is 2.39. The third kappa shape index (κ3) is 2.21. The SMILES string of the molecule is CNc1nc(-c2ccc(F)cn2)ccc1C#N. The molecule has 5 heteroatoms. The summed E-state index contributed by atoms with van der Waals surface area (Å²) < 4.78 is 12.7. The van der Waals surface area contributed by atoms with E-state index in [9.17, 15) is 4.39 Å². The molecule has 0 aromatic carbocycles. The van der Waals surface area contributed by atoms with Gasteiger partial charge in [0.05, 0.1) is 23.1 Å². The lowest BCUT2D eigenvalue weighted by Crippen LogP contribution is -1.98. The largest absolute Gasteiger partial charge is 0.372 e. The number of nitriles is 1. The number of pyridine rings is 2. The van der Waals surface area contributed by atoms with Gasteiger partial charge in [0.1, 0.15) is 17.7 Å². The highest BCUT2D eigenvalue weighted by molar-refractivity contribution is 5.61. The molecule has 0 saturated carbocycles. The number of nitrogens with one attached hydrogen (secondary N) is 1. The predicted molar refractivity (Wildman–Crippen MR) is 61.7 cm³/mol. The Labute approximate surface area is 97.8 Å². The van der Waals surface area contributed by atoms with Crippen molar-refractivity contribution in [3.8, 4) is 17.5 Å². The maximum absolute atomic E-state index is 12.7. The molecule has 2 rings (SSSR count). The molecule has 0 aliphatic rings. The van der Waals surface area contributed by atoms with Crippen LogP contribution in [-0.2, 0) is 0 Å². The minimum absolute atomic E-state index is 0.392. The van der Waals surface area contributed by atoms with Gasteiger partial charge in [-0.05, 0) is 24.3 Å². The van der Waals surface area contributed by atoms with Gasteiger partial charge in [-0.25, -0.2) is 9.37 Å².